The van der Waals surface area contributed by atoms with Crippen LogP contribution in [0.4, 0.5) is 0 Å². The van der Waals surface area contributed by atoms with E-state index in [1.807, 2.05) is 36.4 Å². The molecule has 7 heteroatoms. The van der Waals surface area contributed by atoms with Gasteiger partial charge in [0.05, 0.1) is 0 Å². The normalized spacial score (nSPS) is 10.3. The highest BCUT2D eigenvalue weighted by Crippen LogP contribution is 2.11. The predicted molar refractivity (Wildman–Crippen MR) is 85.0 cm³/mol. The zero-order chi connectivity index (χ0) is 16.8. The number of hydrogen-bond donors (Lipinski definition) is 0. The molecular formula is C17H14N4O3. The van der Waals surface area contributed by atoms with Crippen molar-refractivity contribution in [2.75, 3.05) is 6.61 Å². The van der Waals surface area contributed by atoms with Crippen LogP contribution >= 0.6 is 0 Å². The van der Waals surface area contributed by atoms with Crippen molar-refractivity contribution in [2.24, 2.45) is 0 Å². The molecule has 0 N–H and O–H groups in total. The van der Waals surface area contributed by atoms with Crippen molar-refractivity contribution < 1.29 is 14.3 Å². The van der Waals surface area contributed by atoms with Crippen LogP contribution in [0.15, 0.2) is 60.7 Å². The van der Waals surface area contributed by atoms with Gasteiger partial charge in [-0.1, -0.05) is 60.7 Å². The van der Waals surface area contributed by atoms with Gasteiger partial charge in [-0.25, -0.2) is 4.79 Å². The Morgan fingerprint density at radius 3 is 2.33 bits per heavy atom. The zero-order valence-electron chi connectivity index (χ0n) is 12.7. The standard InChI is InChI=1S/C17H14N4O3/c22-15(13-7-3-1-4-8-13)12-24-16(23)11-21-19-17(18-20-21)14-9-5-2-6-10-14/h1-10H,11-12H2. The minimum absolute atomic E-state index is 0.206. The number of nitrogens with zero attached hydrogens (tertiary/aromatic N) is 4. The second-order valence-electron chi connectivity index (χ2n) is 4.96. The Bertz CT molecular complexity index is 831. The topological polar surface area (TPSA) is 87.0 Å². The molecule has 120 valence electrons. The summed E-state index contributed by atoms with van der Waals surface area (Å²) in [6.45, 7) is -0.523. The smallest absolute Gasteiger partial charge is 0.330 e. The van der Waals surface area contributed by atoms with E-state index in [9.17, 15) is 9.59 Å². The first-order valence-electron chi connectivity index (χ1n) is 7.29. The second-order valence-corrected chi connectivity index (χ2v) is 4.96. The first-order chi connectivity index (χ1) is 11.7. The van der Waals surface area contributed by atoms with Gasteiger partial charge in [0.25, 0.3) is 0 Å². The highest BCUT2D eigenvalue weighted by molar-refractivity contribution is 5.97. The van der Waals surface area contributed by atoms with Crippen LogP contribution in [0.25, 0.3) is 11.4 Å². The van der Waals surface area contributed by atoms with Crippen molar-refractivity contribution in [2.45, 2.75) is 6.54 Å². The molecule has 2 aromatic carbocycles. The van der Waals surface area contributed by atoms with Crippen molar-refractivity contribution >= 4 is 11.8 Å². The zero-order valence-corrected chi connectivity index (χ0v) is 12.7. The summed E-state index contributed by atoms with van der Waals surface area (Å²) in [5, 5.41) is 11.8. The fourth-order valence-electron chi connectivity index (χ4n) is 2.03. The molecule has 0 saturated heterocycles. The first kappa shape index (κ1) is 15.5. The summed E-state index contributed by atoms with van der Waals surface area (Å²) in [5.41, 5.74) is 1.30. The van der Waals surface area contributed by atoms with Crippen molar-refractivity contribution in [1.29, 1.82) is 0 Å². The van der Waals surface area contributed by atoms with Crippen molar-refractivity contribution in [1.82, 2.24) is 20.2 Å². The van der Waals surface area contributed by atoms with E-state index in [2.05, 4.69) is 15.4 Å². The number of Topliss-reactive ketones (excluding diaryl/α,β-unsaturated/α-hetero) is 1. The minimum Gasteiger partial charge on any atom is -0.456 e. The fourth-order valence-corrected chi connectivity index (χ4v) is 2.03. The van der Waals surface area contributed by atoms with Crippen LogP contribution in [0.3, 0.4) is 0 Å². The molecular weight excluding hydrogens is 308 g/mol. The van der Waals surface area contributed by atoms with Gasteiger partial charge in [0.2, 0.25) is 5.82 Å². The van der Waals surface area contributed by atoms with E-state index < -0.39 is 5.97 Å². The Morgan fingerprint density at radius 1 is 0.958 bits per heavy atom. The monoisotopic (exact) mass is 322 g/mol. The third-order valence-electron chi connectivity index (χ3n) is 3.22. The number of ketones is 1. The van der Waals surface area contributed by atoms with E-state index in [-0.39, 0.29) is 18.9 Å². The average molecular weight is 322 g/mol. The average Bonchev–Trinajstić information content (AvgIpc) is 3.09. The Labute approximate surface area is 137 Å². The summed E-state index contributed by atoms with van der Waals surface area (Å²) in [6, 6.07) is 17.9. The van der Waals surface area contributed by atoms with Gasteiger partial charge < -0.3 is 4.74 Å². The van der Waals surface area contributed by atoms with E-state index in [1.54, 1.807) is 24.3 Å². The van der Waals surface area contributed by atoms with E-state index in [0.717, 1.165) is 10.4 Å². The predicted octanol–water partition coefficient (Wildman–Crippen LogP) is 1.77. The maximum atomic E-state index is 11.9. The SMILES string of the molecule is O=C(Cn1nnc(-c2ccccc2)n1)OCC(=O)c1ccccc1. The highest BCUT2D eigenvalue weighted by Gasteiger charge is 2.12. The van der Waals surface area contributed by atoms with E-state index >= 15 is 0 Å². The van der Waals surface area contributed by atoms with Crippen LogP contribution in [0, 0.1) is 0 Å². The van der Waals surface area contributed by atoms with Gasteiger partial charge >= 0.3 is 5.97 Å². The Kier molecular flexibility index (Phi) is 4.71. The molecule has 1 heterocycles. The molecule has 0 amide bonds. The lowest BCUT2D eigenvalue weighted by Crippen LogP contribution is -2.19. The number of rotatable bonds is 6. The molecule has 0 aliphatic heterocycles. The van der Waals surface area contributed by atoms with Crippen LogP contribution in [0.1, 0.15) is 10.4 Å². The first-order valence-corrected chi connectivity index (χ1v) is 7.29. The Hall–Kier alpha value is -3.35. The lowest BCUT2D eigenvalue weighted by atomic mass is 10.1. The third-order valence-corrected chi connectivity index (χ3v) is 3.22. The van der Waals surface area contributed by atoms with Crippen LogP contribution in [-0.4, -0.2) is 38.6 Å². The minimum atomic E-state index is -0.601. The van der Waals surface area contributed by atoms with E-state index in [1.165, 1.54) is 0 Å². The molecule has 0 aliphatic carbocycles. The van der Waals surface area contributed by atoms with E-state index in [4.69, 9.17) is 4.74 Å². The van der Waals surface area contributed by atoms with Gasteiger partial charge in [-0.3, -0.25) is 4.79 Å². The molecule has 0 aliphatic rings. The van der Waals surface area contributed by atoms with Gasteiger partial charge in [0.1, 0.15) is 0 Å². The molecule has 0 atom stereocenters. The van der Waals surface area contributed by atoms with Gasteiger partial charge in [0, 0.05) is 11.1 Å². The van der Waals surface area contributed by atoms with Crippen LogP contribution in [-0.2, 0) is 16.1 Å². The molecule has 0 unspecified atom stereocenters. The van der Waals surface area contributed by atoms with Crippen LogP contribution < -0.4 is 0 Å². The summed E-state index contributed by atoms with van der Waals surface area (Å²) in [7, 11) is 0. The van der Waals surface area contributed by atoms with Crippen LogP contribution in [0.5, 0.6) is 0 Å². The maximum absolute atomic E-state index is 11.9. The largest absolute Gasteiger partial charge is 0.456 e. The molecule has 0 radical (unpaired) electrons. The lowest BCUT2D eigenvalue weighted by molar-refractivity contribution is -0.143. The van der Waals surface area contributed by atoms with Gasteiger partial charge in [-0.15, -0.1) is 10.2 Å². The molecule has 0 bridgehead atoms. The molecule has 1 aromatic heterocycles. The summed E-state index contributed by atoms with van der Waals surface area (Å²) in [5.74, 6) is -0.444. The number of carbonyl (C=O) groups excluding carboxylic acids is 2. The Morgan fingerprint density at radius 2 is 1.62 bits per heavy atom. The van der Waals surface area contributed by atoms with Gasteiger partial charge in [-0.05, 0) is 5.21 Å². The van der Waals surface area contributed by atoms with E-state index in [0.29, 0.717) is 11.4 Å². The molecule has 7 nitrogen and oxygen atoms in total. The molecule has 24 heavy (non-hydrogen) atoms. The molecule has 0 spiro atoms. The highest BCUT2D eigenvalue weighted by atomic mass is 16.5. The quantitative estimate of drug-likeness (QED) is 0.508. The number of carbonyl (C=O) groups is 2. The summed E-state index contributed by atoms with van der Waals surface area (Å²) in [4.78, 5) is 24.8. The number of tetrazole rings is 1. The van der Waals surface area contributed by atoms with Crippen molar-refractivity contribution in [3.8, 4) is 11.4 Å². The number of benzene rings is 2. The number of aromatic nitrogens is 4. The van der Waals surface area contributed by atoms with Crippen LogP contribution in [0.2, 0.25) is 0 Å². The van der Waals surface area contributed by atoms with Gasteiger partial charge in [0.15, 0.2) is 18.9 Å². The lowest BCUT2D eigenvalue weighted by Gasteiger charge is -2.03. The number of esters is 1. The molecule has 0 saturated carbocycles. The van der Waals surface area contributed by atoms with Crippen molar-refractivity contribution in [3.05, 3.63) is 66.2 Å². The molecule has 0 fully saturated rings. The summed E-state index contributed by atoms with van der Waals surface area (Å²) < 4.78 is 4.96. The Balaban J connectivity index is 1.54. The summed E-state index contributed by atoms with van der Waals surface area (Å²) >= 11 is 0. The fraction of sp³-hybridized carbons (Fsp3) is 0.118. The molecule has 3 aromatic rings. The third kappa shape index (κ3) is 3.89. The van der Waals surface area contributed by atoms with Crippen molar-refractivity contribution in [3.63, 3.8) is 0 Å². The molecule has 3 rings (SSSR count). The maximum Gasteiger partial charge on any atom is 0.330 e. The second kappa shape index (κ2) is 7.28. The summed E-state index contributed by atoms with van der Waals surface area (Å²) in [6.07, 6.45) is 0. The number of ether oxygens (including phenoxy) is 1. The number of hydrogen-bond acceptors (Lipinski definition) is 6. The van der Waals surface area contributed by atoms with Gasteiger partial charge in [-0.2, -0.15) is 4.80 Å².